The number of nitrogens with two attached hydrogens (primary N) is 1. The monoisotopic (exact) mass is 161 g/mol. The molecule has 5 nitrogen and oxygen atoms in total. The topological polar surface area (TPSA) is 80.5 Å². The SMILES string of the molecule is Nc1cnncc1-c1cn[nH]c1. The van der Waals surface area contributed by atoms with Gasteiger partial charge in [0.1, 0.15) is 0 Å². The van der Waals surface area contributed by atoms with Crippen LogP contribution in [0.4, 0.5) is 5.69 Å². The average molecular weight is 161 g/mol. The number of hydrogen-bond acceptors (Lipinski definition) is 4. The van der Waals surface area contributed by atoms with Crippen LogP contribution in [0, 0.1) is 0 Å². The predicted molar refractivity (Wildman–Crippen MR) is 44.0 cm³/mol. The second-order valence-electron chi connectivity index (χ2n) is 2.35. The molecule has 5 heteroatoms. The molecule has 0 aromatic carbocycles. The fourth-order valence-corrected chi connectivity index (χ4v) is 0.970. The average Bonchev–Trinajstić information content (AvgIpc) is 2.57. The molecule has 0 unspecified atom stereocenters. The molecule has 0 fully saturated rings. The Morgan fingerprint density at radius 3 is 2.67 bits per heavy atom. The highest BCUT2D eigenvalue weighted by Gasteiger charge is 2.02. The molecule has 0 aliphatic carbocycles. The second-order valence-corrected chi connectivity index (χ2v) is 2.35. The summed E-state index contributed by atoms with van der Waals surface area (Å²) >= 11 is 0. The van der Waals surface area contributed by atoms with E-state index in [1.165, 1.54) is 6.20 Å². The molecule has 0 atom stereocenters. The third-order valence-corrected chi connectivity index (χ3v) is 1.57. The highest BCUT2D eigenvalue weighted by atomic mass is 15.1. The maximum atomic E-state index is 5.67. The molecule has 0 aliphatic heterocycles. The molecule has 0 radical (unpaired) electrons. The van der Waals surface area contributed by atoms with Crippen molar-refractivity contribution in [3.8, 4) is 11.1 Å². The lowest BCUT2D eigenvalue weighted by atomic mass is 10.1. The van der Waals surface area contributed by atoms with Crippen molar-refractivity contribution in [1.29, 1.82) is 0 Å². The molecular formula is C7H7N5. The van der Waals surface area contributed by atoms with Gasteiger partial charge in [0.15, 0.2) is 0 Å². The van der Waals surface area contributed by atoms with Crippen LogP contribution in [0.25, 0.3) is 11.1 Å². The lowest BCUT2D eigenvalue weighted by Gasteiger charge is -1.98. The third kappa shape index (κ3) is 1.01. The highest BCUT2D eigenvalue weighted by molar-refractivity contribution is 5.73. The molecule has 12 heavy (non-hydrogen) atoms. The summed E-state index contributed by atoms with van der Waals surface area (Å²) in [7, 11) is 0. The van der Waals surface area contributed by atoms with E-state index >= 15 is 0 Å². The van der Waals surface area contributed by atoms with Gasteiger partial charge in [0, 0.05) is 17.3 Å². The van der Waals surface area contributed by atoms with E-state index in [1.54, 1.807) is 18.6 Å². The van der Waals surface area contributed by atoms with E-state index in [0.717, 1.165) is 11.1 Å². The normalized spacial score (nSPS) is 10.0. The minimum absolute atomic E-state index is 0.603. The van der Waals surface area contributed by atoms with E-state index in [2.05, 4.69) is 20.4 Å². The Morgan fingerprint density at radius 2 is 2.00 bits per heavy atom. The number of aromatic nitrogens is 4. The van der Waals surface area contributed by atoms with E-state index in [1.807, 2.05) is 0 Å². The molecule has 0 spiro atoms. The van der Waals surface area contributed by atoms with Gasteiger partial charge in [-0.05, 0) is 0 Å². The van der Waals surface area contributed by atoms with Gasteiger partial charge < -0.3 is 5.73 Å². The van der Waals surface area contributed by atoms with Crippen LogP contribution in [0.3, 0.4) is 0 Å². The molecule has 2 aromatic rings. The summed E-state index contributed by atoms with van der Waals surface area (Å²) in [6.45, 7) is 0. The zero-order valence-corrected chi connectivity index (χ0v) is 6.23. The summed E-state index contributed by atoms with van der Waals surface area (Å²) in [5, 5.41) is 13.9. The van der Waals surface area contributed by atoms with Crippen molar-refractivity contribution in [2.45, 2.75) is 0 Å². The van der Waals surface area contributed by atoms with Crippen molar-refractivity contribution in [2.75, 3.05) is 5.73 Å². The van der Waals surface area contributed by atoms with Crippen molar-refractivity contribution in [3.05, 3.63) is 24.8 Å². The lowest BCUT2D eigenvalue weighted by Crippen LogP contribution is -1.91. The fourth-order valence-electron chi connectivity index (χ4n) is 0.970. The number of aromatic amines is 1. The maximum absolute atomic E-state index is 5.67. The van der Waals surface area contributed by atoms with Crippen molar-refractivity contribution in [1.82, 2.24) is 20.4 Å². The Balaban J connectivity index is 2.55. The van der Waals surface area contributed by atoms with E-state index in [4.69, 9.17) is 5.73 Å². The Kier molecular flexibility index (Phi) is 1.48. The van der Waals surface area contributed by atoms with Gasteiger partial charge in [-0.15, -0.1) is 0 Å². The molecule has 60 valence electrons. The summed E-state index contributed by atoms with van der Waals surface area (Å²) in [4.78, 5) is 0. The molecule has 0 saturated carbocycles. The Morgan fingerprint density at radius 1 is 1.17 bits per heavy atom. The first kappa shape index (κ1) is 6.78. The second kappa shape index (κ2) is 2.61. The number of H-pyrrole nitrogens is 1. The smallest absolute Gasteiger partial charge is 0.0732 e. The van der Waals surface area contributed by atoms with E-state index in [-0.39, 0.29) is 0 Å². The van der Waals surface area contributed by atoms with Crippen LogP contribution >= 0.6 is 0 Å². The summed E-state index contributed by atoms with van der Waals surface area (Å²) < 4.78 is 0. The van der Waals surface area contributed by atoms with Gasteiger partial charge in [0.05, 0.1) is 24.3 Å². The van der Waals surface area contributed by atoms with Crippen LogP contribution in [-0.2, 0) is 0 Å². The summed E-state index contributed by atoms with van der Waals surface area (Å²) in [5.74, 6) is 0. The molecule has 2 heterocycles. The van der Waals surface area contributed by atoms with E-state index in [0.29, 0.717) is 5.69 Å². The van der Waals surface area contributed by atoms with Crippen LogP contribution in [0.2, 0.25) is 0 Å². The first-order valence-electron chi connectivity index (χ1n) is 3.43. The number of rotatable bonds is 1. The van der Waals surface area contributed by atoms with Crippen molar-refractivity contribution in [2.24, 2.45) is 0 Å². The quantitative estimate of drug-likeness (QED) is 0.636. The Hall–Kier alpha value is -1.91. The largest absolute Gasteiger partial charge is 0.397 e. The van der Waals surface area contributed by atoms with Crippen LogP contribution in [0.1, 0.15) is 0 Å². The molecule has 2 rings (SSSR count). The van der Waals surface area contributed by atoms with Crippen LogP contribution in [-0.4, -0.2) is 20.4 Å². The van der Waals surface area contributed by atoms with E-state index in [9.17, 15) is 0 Å². The Labute approximate surface area is 68.6 Å². The molecule has 3 N–H and O–H groups in total. The zero-order chi connectivity index (χ0) is 8.39. The van der Waals surface area contributed by atoms with Crippen LogP contribution < -0.4 is 5.73 Å². The molecule has 0 amide bonds. The van der Waals surface area contributed by atoms with Gasteiger partial charge >= 0.3 is 0 Å². The fraction of sp³-hybridized carbons (Fsp3) is 0. The zero-order valence-electron chi connectivity index (χ0n) is 6.23. The number of hydrogen-bond donors (Lipinski definition) is 2. The molecule has 0 aliphatic rings. The summed E-state index contributed by atoms with van der Waals surface area (Å²) in [5.41, 5.74) is 8.04. The van der Waals surface area contributed by atoms with Crippen LogP contribution in [0.15, 0.2) is 24.8 Å². The predicted octanol–water partition coefficient (Wildman–Crippen LogP) is 0.449. The summed E-state index contributed by atoms with van der Waals surface area (Å²) in [6, 6.07) is 0. The van der Waals surface area contributed by atoms with Crippen LogP contribution in [0.5, 0.6) is 0 Å². The number of nitrogens with zero attached hydrogens (tertiary/aromatic N) is 3. The first-order valence-corrected chi connectivity index (χ1v) is 3.43. The number of anilines is 1. The van der Waals surface area contributed by atoms with E-state index < -0.39 is 0 Å². The maximum Gasteiger partial charge on any atom is 0.0732 e. The molecule has 0 bridgehead atoms. The summed E-state index contributed by atoms with van der Waals surface area (Å²) in [6.07, 6.45) is 6.57. The minimum atomic E-state index is 0.603. The first-order chi connectivity index (χ1) is 5.88. The van der Waals surface area contributed by atoms with Crippen molar-refractivity contribution >= 4 is 5.69 Å². The van der Waals surface area contributed by atoms with Gasteiger partial charge in [-0.2, -0.15) is 15.3 Å². The van der Waals surface area contributed by atoms with Gasteiger partial charge in [0.25, 0.3) is 0 Å². The molecule has 2 aromatic heterocycles. The number of nitrogen functional groups attached to an aromatic ring is 1. The van der Waals surface area contributed by atoms with Gasteiger partial charge in [-0.25, -0.2) is 0 Å². The lowest BCUT2D eigenvalue weighted by molar-refractivity contribution is 1.04. The molecular weight excluding hydrogens is 154 g/mol. The number of nitrogens with one attached hydrogen (secondary N) is 1. The van der Waals surface area contributed by atoms with Gasteiger partial charge in [-0.3, -0.25) is 5.10 Å². The third-order valence-electron chi connectivity index (χ3n) is 1.57. The molecule has 0 saturated heterocycles. The van der Waals surface area contributed by atoms with Crippen molar-refractivity contribution < 1.29 is 0 Å². The minimum Gasteiger partial charge on any atom is -0.397 e. The standard InChI is InChI=1S/C7H7N5/c8-7-4-12-11-3-6(7)5-1-9-10-2-5/h1-4H,(H2,8,11)(H,9,10). The van der Waals surface area contributed by atoms with Gasteiger partial charge in [0.2, 0.25) is 0 Å². The highest BCUT2D eigenvalue weighted by Crippen LogP contribution is 2.21. The van der Waals surface area contributed by atoms with Gasteiger partial charge in [-0.1, -0.05) is 0 Å². The Bertz CT molecular complexity index is 367. The van der Waals surface area contributed by atoms with Crippen molar-refractivity contribution in [3.63, 3.8) is 0 Å².